The van der Waals surface area contributed by atoms with Crippen LogP contribution in [0, 0.1) is 0 Å². The fraction of sp³-hybridized carbons (Fsp3) is 0.368. The van der Waals surface area contributed by atoms with Gasteiger partial charge in [0.15, 0.2) is 0 Å². The third-order valence-corrected chi connectivity index (χ3v) is 4.02. The fourth-order valence-corrected chi connectivity index (χ4v) is 2.93. The molecule has 2 heteroatoms. The molecule has 1 aliphatic heterocycles. The van der Waals surface area contributed by atoms with Gasteiger partial charge in [-0.05, 0) is 56.1 Å². The van der Waals surface area contributed by atoms with E-state index < -0.39 is 0 Å². The summed E-state index contributed by atoms with van der Waals surface area (Å²) in [6.45, 7) is 1.74. The Balaban J connectivity index is 2.01. The number of hydrogen-bond donors (Lipinski definition) is 0. The second kappa shape index (κ2) is 6.31. The zero-order chi connectivity index (χ0) is 14.7. The van der Waals surface area contributed by atoms with E-state index in [1.165, 1.54) is 22.3 Å². The summed E-state index contributed by atoms with van der Waals surface area (Å²) in [5, 5.41) is 0. The van der Waals surface area contributed by atoms with Crippen LogP contribution in [-0.4, -0.2) is 25.5 Å². The summed E-state index contributed by atoms with van der Waals surface area (Å²) in [5.41, 5.74) is 5.23. The Morgan fingerprint density at radius 3 is 2.81 bits per heavy atom. The van der Waals surface area contributed by atoms with E-state index in [9.17, 15) is 0 Å². The van der Waals surface area contributed by atoms with Crippen molar-refractivity contribution in [1.29, 1.82) is 0 Å². The number of allylic oxidation sites excluding steroid dienone is 3. The van der Waals surface area contributed by atoms with Crippen LogP contribution in [0.3, 0.4) is 0 Å². The molecule has 0 bridgehead atoms. The Morgan fingerprint density at radius 1 is 1.14 bits per heavy atom. The minimum absolute atomic E-state index is 0.671. The minimum atomic E-state index is 0.671. The van der Waals surface area contributed by atoms with Crippen molar-refractivity contribution < 1.29 is 4.74 Å². The third kappa shape index (κ3) is 3.11. The van der Waals surface area contributed by atoms with Crippen molar-refractivity contribution in [1.82, 2.24) is 4.90 Å². The van der Waals surface area contributed by atoms with Gasteiger partial charge >= 0.3 is 0 Å². The number of rotatable bonds is 3. The molecular formula is C19H23NO. The maximum absolute atomic E-state index is 6.03. The molecule has 0 saturated heterocycles. The van der Waals surface area contributed by atoms with E-state index >= 15 is 0 Å². The number of benzene rings is 1. The Bertz CT molecular complexity index is 608. The van der Waals surface area contributed by atoms with Gasteiger partial charge < -0.3 is 9.64 Å². The van der Waals surface area contributed by atoms with Crippen molar-refractivity contribution >= 4 is 5.57 Å². The van der Waals surface area contributed by atoms with Gasteiger partial charge in [-0.1, -0.05) is 36.4 Å². The summed E-state index contributed by atoms with van der Waals surface area (Å²) in [5.74, 6) is 1.06. The first-order chi connectivity index (χ1) is 10.3. The molecule has 0 fully saturated rings. The van der Waals surface area contributed by atoms with Gasteiger partial charge in [-0.2, -0.15) is 0 Å². The maximum atomic E-state index is 6.03. The molecule has 0 amide bonds. The lowest BCUT2D eigenvalue weighted by Crippen LogP contribution is -2.12. The van der Waals surface area contributed by atoms with Gasteiger partial charge in [0.1, 0.15) is 12.4 Å². The number of hydrogen-bond acceptors (Lipinski definition) is 2. The molecule has 1 heterocycles. The summed E-state index contributed by atoms with van der Waals surface area (Å²) >= 11 is 0. The molecule has 0 N–H and O–H groups in total. The van der Waals surface area contributed by atoms with Gasteiger partial charge in [0.05, 0.1) is 0 Å². The standard InChI is InChI=1S/C19H23NO/c1-20(2)13-7-11-17-16-9-4-3-8-15(16)14-21-19-12-6-5-10-18(17)19/h3-4,8-12H,5-7,13-14H2,1-2H3/b17-11+. The van der Waals surface area contributed by atoms with Crippen LogP contribution < -0.4 is 0 Å². The fourth-order valence-electron chi connectivity index (χ4n) is 2.93. The molecule has 0 aromatic heterocycles. The second-order valence-electron chi connectivity index (χ2n) is 5.92. The number of fused-ring (bicyclic) bond motifs is 2. The quantitative estimate of drug-likeness (QED) is 0.825. The third-order valence-electron chi connectivity index (χ3n) is 4.02. The molecule has 2 nitrogen and oxygen atoms in total. The van der Waals surface area contributed by atoms with Crippen molar-refractivity contribution in [3.63, 3.8) is 0 Å². The Labute approximate surface area is 127 Å². The summed E-state index contributed by atoms with van der Waals surface area (Å²) in [4.78, 5) is 2.22. The van der Waals surface area contributed by atoms with Gasteiger partial charge in [-0.25, -0.2) is 0 Å². The highest BCUT2D eigenvalue weighted by molar-refractivity contribution is 5.85. The zero-order valence-electron chi connectivity index (χ0n) is 12.9. The van der Waals surface area contributed by atoms with E-state index in [4.69, 9.17) is 4.74 Å². The average molecular weight is 281 g/mol. The molecule has 1 aromatic rings. The van der Waals surface area contributed by atoms with E-state index in [2.05, 4.69) is 61.5 Å². The average Bonchev–Trinajstić information content (AvgIpc) is 2.65. The highest BCUT2D eigenvalue weighted by atomic mass is 16.5. The van der Waals surface area contributed by atoms with Gasteiger partial charge in [-0.15, -0.1) is 0 Å². The molecule has 0 atom stereocenters. The molecule has 0 saturated carbocycles. The van der Waals surface area contributed by atoms with E-state index in [0.29, 0.717) is 6.61 Å². The van der Waals surface area contributed by atoms with E-state index in [-0.39, 0.29) is 0 Å². The molecule has 2 aliphatic rings. The van der Waals surface area contributed by atoms with Gasteiger partial charge in [0, 0.05) is 12.1 Å². The van der Waals surface area contributed by atoms with Gasteiger partial charge in [0.25, 0.3) is 0 Å². The van der Waals surface area contributed by atoms with E-state index in [1.807, 2.05) is 0 Å². The summed E-state index contributed by atoms with van der Waals surface area (Å²) < 4.78 is 6.03. The van der Waals surface area contributed by atoms with Gasteiger partial charge in [0.2, 0.25) is 0 Å². The van der Waals surface area contributed by atoms with Crippen LogP contribution in [0.2, 0.25) is 0 Å². The molecule has 21 heavy (non-hydrogen) atoms. The van der Waals surface area contributed by atoms with Crippen LogP contribution in [0.1, 0.15) is 30.4 Å². The lowest BCUT2D eigenvalue weighted by Gasteiger charge is -2.16. The summed E-state index contributed by atoms with van der Waals surface area (Å²) in [6.07, 6.45) is 10.2. The maximum Gasteiger partial charge on any atom is 0.123 e. The molecule has 1 aliphatic carbocycles. The van der Waals surface area contributed by atoms with Crippen molar-refractivity contribution in [2.75, 3.05) is 20.6 Å². The highest BCUT2D eigenvalue weighted by Gasteiger charge is 2.22. The van der Waals surface area contributed by atoms with Crippen molar-refractivity contribution in [3.05, 3.63) is 65.0 Å². The molecular weight excluding hydrogens is 258 g/mol. The SMILES string of the molecule is CN(C)CC/C=C1/C2=CCCC=C2OCc2ccccc21. The predicted molar refractivity (Wildman–Crippen MR) is 87.8 cm³/mol. The first-order valence-electron chi connectivity index (χ1n) is 7.73. The lowest BCUT2D eigenvalue weighted by atomic mass is 9.90. The highest BCUT2D eigenvalue weighted by Crippen LogP contribution is 2.38. The number of nitrogens with zero attached hydrogens (tertiary/aromatic N) is 1. The summed E-state index contributed by atoms with van der Waals surface area (Å²) in [7, 11) is 4.24. The number of ether oxygens (including phenoxy) is 1. The molecule has 0 radical (unpaired) electrons. The predicted octanol–water partition coefficient (Wildman–Crippen LogP) is 4.16. The second-order valence-corrected chi connectivity index (χ2v) is 5.92. The van der Waals surface area contributed by atoms with Gasteiger partial charge in [-0.3, -0.25) is 0 Å². The summed E-state index contributed by atoms with van der Waals surface area (Å²) in [6, 6.07) is 8.61. The van der Waals surface area contributed by atoms with Crippen LogP contribution in [0.25, 0.3) is 5.57 Å². The van der Waals surface area contributed by atoms with Crippen molar-refractivity contribution in [3.8, 4) is 0 Å². The van der Waals surface area contributed by atoms with Crippen LogP contribution in [0.15, 0.2) is 53.8 Å². The smallest absolute Gasteiger partial charge is 0.123 e. The molecule has 1 aromatic carbocycles. The zero-order valence-corrected chi connectivity index (χ0v) is 12.9. The lowest BCUT2D eigenvalue weighted by molar-refractivity contribution is 0.208. The Kier molecular flexibility index (Phi) is 4.26. The molecule has 3 rings (SSSR count). The van der Waals surface area contributed by atoms with Crippen LogP contribution in [0.5, 0.6) is 0 Å². The Hall–Kier alpha value is -1.80. The van der Waals surface area contributed by atoms with Crippen molar-refractivity contribution in [2.45, 2.75) is 25.9 Å². The topological polar surface area (TPSA) is 12.5 Å². The first kappa shape index (κ1) is 14.2. The Morgan fingerprint density at radius 2 is 1.95 bits per heavy atom. The molecule has 0 spiro atoms. The monoisotopic (exact) mass is 281 g/mol. The van der Waals surface area contributed by atoms with Crippen LogP contribution in [0.4, 0.5) is 0 Å². The normalized spacial score (nSPS) is 19.3. The van der Waals surface area contributed by atoms with E-state index in [0.717, 1.165) is 31.6 Å². The molecule has 110 valence electrons. The van der Waals surface area contributed by atoms with Crippen molar-refractivity contribution in [2.24, 2.45) is 0 Å². The largest absolute Gasteiger partial charge is 0.489 e. The van der Waals surface area contributed by atoms with E-state index in [1.54, 1.807) is 0 Å². The van der Waals surface area contributed by atoms with Crippen LogP contribution >= 0.6 is 0 Å². The minimum Gasteiger partial charge on any atom is -0.489 e. The molecule has 0 unspecified atom stereocenters. The first-order valence-corrected chi connectivity index (χ1v) is 7.73. The van der Waals surface area contributed by atoms with Crippen LogP contribution in [-0.2, 0) is 11.3 Å².